The number of sulfonamides is 1. The van der Waals surface area contributed by atoms with Gasteiger partial charge in [-0.1, -0.05) is 23.7 Å². The molecule has 1 fully saturated rings. The maximum Gasteiger partial charge on any atom is 0.221 e. The van der Waals surface area contributed by atoms with Crippen molar-refractivity contribution in [2.24, 2.45) is 0 Å². The van der Waals surface area contributed by atoms with E-state index in [0.717, 1.165) is 5.56 Å². The van der Waals surface area contributed by atoms with E-state index in [0.29, 0.717) is 22.3 Å². The summed E-state index contributed by atoms with van der Waals surface area (Å²) < 4.78 is 39.2. The van der Waals surface area contributed by atoms with Gasteiger partial charge in [-0.05, 0) is 54.1 Å². The van der Waals surface area contributed by atoms with Crippen LogP contribution in [0.4, 0.5) is 0 Å². The third-order valence-electron chi connectivity index (χ3n) is 5.21. The van der Waals surface area contributed by atoms with Crippen LogP contribution in [0.1, 0.15) is 17.4 Å². The quantitative estimate of drug-likeness (QED) is 0.515. The third-order valence-corrected chi connectivity index (χ3v) is 7.62. The van der Waals surface area contributed by atoms with Crippen molar-refractivity contribution in [3.63, 3.8) is 0 Å². The van der Waals surface area contributed by atoms with E-state index in [4.69, 9.17) is 25.6 Å². The number of hydrogen-bond acceptors (Lipinski definition) is 6. The summed E-state index contributed by atoms with van der Waals surface area (Å²) in [4.78, 5) is 5.62. The van der Waals surface area contributed by atoms with Crippen LogP contribution in [0, 0.1) is 0 Å². The van der Waals surface area contributed by atoms with E-state index < -0.39 is 21.3 Å². The standard InChI is InChI=1S/C22H23ClN2O5S/c1-24(14-20-7-4-12-28-20)31(26,27)21-15-29-25(2)22(21)16-5-3-6-19(13-16)30-18-10-8-17(23)9-11-18/h3-13,21-22H,14-15H2,1-2H3. The first-order valence-electron chi connectivity index (χ1n) is 9.71. The molecule has 0 saturated carbocycles. The highest BCUT2D eigenvalue weighted by Gasteiger charge is 2.45. The Bertz CT molecular complexity index is 1120. The predicted molar refractivity (Wildman–Crippen MR) is 117 cm³/mol. The van der Waals surface area contributed by atoms with Crippen LogP contribution in [-0.4, -0.2) is 43.7 Å². The fraction of sp³-hybridized carbons (Fsp3) is 0.273. The topological polar surface area (TPSA) is 72.2 Å². The van der Waals surface area contributed by atoms with Gasteiger partial charge < -0.3 is 9.15 Å². The van der Waals surface area contributed by atoms with Gasteiger partial charge >= 0.3 is 0 Å². The lowest BCUT2D eigenvalue weighted by molar-refractivity contribution is -0.110. The Labute approximate surface area is 186 Å². The van der Waals surface area contributed by atoms with Crippen molar-refractivity contribution >= 4 is 21.6 Å². The molecule has 2 heterocycles. The molecule has 0 spiro atoms. The minimum absolute atomic E-state index is 0.0638. The zero-order valence-electron chi connectivity index (χ0n) is 17.1. The first-order valence-corrected chi connectivity index (χ1v) is 11.6. The number of hydroxylamine groups is 2. The van der Waals surface area contributed by atoms with Crippen LogP contribution in [-0.2, 0) is 21.4 Å². The first kappa shape index (κ1) is 21.9. The van der Waals surface area contributed by atoms with E-state index in [1.54, 1.807) is 55.6 Å². The van der Waals surface area contributed by atoms with Crippen LogP contribution in [0.15, 0.2) is 71.3 Å². The van der Waals surface area contributed by atoms with Crippen molar-refractivity contribution in [2.75, 3.05) is 20.7 Å². The Morgan fingerprint density at radius 3 is 2.61 bits per heavy atom. The molecule has 1 aliphatic rings. The molecular weight excluding hydrogens is 440 g/mol. The smallest absolute Gasteiger partial charge is 0.221 e. The number of halogens is 1. The largest absolute Gasteiger partial charge is 0.468 e. The fourth-order valence-corrected chi connectivity index (χ4v) is 5.40. The highest BCUT2D eigenvalue weighted by atomic mass is 35.5. The van der Waals surface area contributed by atoms with Gasteiger partial charge in [-0.3, -0.25) is 4.84 Å². The Morgan fingerprint density at radius 2 is 1.90 bits per heavy atom. The summed E-state index contributed by atoms with van der Waals surface area (Å²) >= 11 is 5.93. The molecule has 0 aliphatic carbocycles. The van der Waals surface area contributed by atoms with Gasteiger partial charge in [0, 0.05) is 19.1 Å². The van der Waals surface area contributed by atoms with Gasteiger partial charge in [-0.15, -0.1) is 0 Å². The molecule has 0 amide bonds. The number of rotatable bonds is 7. The second-order valence-corrected chi connectivity index (χ2v) is 10.0. The molecule has 0 radical (unpaired) electrons. The molecule has 1 saturated heterocycles. The van der Waals surface area contributed by atoms with E-state index in [-0.39, 0.29) is 13.2 Å². The lowest BCUT2D eigenvalue weighted by Crippen LogP contribution is -2.40. The first-order chi connectivity index (χ1) is 14.8. The number of ether oxygens (including phenoxy) is 1. The Morgan fingerprint density at radius 1 is 1.13 bits per heavy atom. The van der Waals surface area contributed by atoms with E-state index in [2.05, 4.69) is 0 Å². The zero-order valence-corrected chi connectivity index (χ0v) is 18.7. The second kappa shape index (κ2) is 9.02. The molecule has 0 N–H and O–H groups in total. The molecule has 2 aromatic carbocycles. The molecule has 4 rings (SSSR count). The van der Waals surface area contributed by atoms with E-state index in [9.17, 15) is 8.42 Å². The molecule has 2 unspecified atom stereocenters. The SMILES string of the molecule is CN1OCC(S(=O)(=O)N(C)Cc2ccco2)C1c1cccc(Oc2ccc(Cl)cc2)c1. The minimum Gasteiger partial charge on any atom is -0.468 e. The predicted octanol–water partition coefficient (Wildman–Crippen LogP) is 4.47. The second-order valence-electron chi connectivity index (χ2n) is 7.33. The highest BCUT2D eigenvalue weighted by Crippen LogP contribution is 2.37. The van der Waals surface area contributed by atoms with Crippen LogP contribution in [0.2, 0.25) is 5.02 Å². The molecule has 0 bridgehead atoms. The number of furan rings is 1. The number of nitrogens with zero attached hydrogens (tertiary/aromatic N) is 2. The van der Waals surface area contributed by atoms with Gasteiger partial charge in [-0.2, -0.15) is 9.37 Å². The van der Waals surface area contributed by atoms with Crippen molar-refractivity contribution in [3.8, 4) is 11.5 Å². The molecule has 1 aliphatic heterocycles. The summed E-state index contributed by atoms with van der Waals surface area (Å²) in [5, 5.41) is 1.44. The van der Waals surface area contributed by atoms with Gasteiger partial charge in [0.2, 0.25) is 10.0 Å². The lowest BCUT2D eigenvalue weighted by atomic mass is 10.0. The van der Waals surface area contributed by atoms with Gasteiger partial charge in [-0.25, -0.2) is 8.42 Å². The molecule has 31 heavy (non-hydrogen) atoms. The summed E-state index contributed by atoms with van der Waals surface area (Å²) in [6.45, 7) is 0.219. The number of benzene rings is 2. The van der Waals surface area contributed by atoms with Gasteiger partial charge in [0.05, 0.1) is 25.5 Å². The normalized spacial score (nSPS) is 19.7. The van der Waals surface area contributed by atoms with E-state index in [1.807, 2.05) is 24.3 Å². The Hall–Kier alpha value is -2.36. The summed E-state index contributed by atoms with van der Waals surface area (Å²) in [5.74, 6) is 1.81. The van der Waals surface area contributed by atoms with Crippen molar-refractivity contribution < 1.29 is 22.4 Å². The summed E-state index contributed by atoms with van der Waals surface area (Å²) in [6.07, 6.45) is 1.53. The molecular formula is C22H23ClN2O5S. The molecule has 1 aromatic heterocycles. The third kappa shape index (κ3) is 4.78. The van der Waals surface area contributed by atoms with Crippen molar-refractivity contribution in [3.05, 3.63) is 83.3 Å². The number of hydrogen-bond donors (Lipinski definition) is 0. The van der Waals surface area contributed by atoms with Gasteiger partial charge in [0.15, 0.2) is 0 Å². The monoisotopic (exact) mass is 462 g/mol. The minimum atomic E-state index is -3.67. The van der Waals surface area contributed by atoms with Gasteiger partial charge in [0.25, 0.3) is 0 Å². The van der Waals surface area contributed by atoms with Crippen molar-refractivity contribution in [1.82, 2.24) is 9.37 Å². The molecule has 9 heteroatoms. The lowest BCUT2D eigenvalue weighted by Gasteiger charge is -2.26. The van der Waals surface area contributed by atoms with Crippen molar-refractivity contribution in [1.29, 1.82) is 0 Å². The fourth-order valence-electron chi connectivity index (χ4n) is 3.61. The van der Waals surface area contributed by atoms with E-state index >= 15 is 0 Å². The van der Waals surface area contributed by atoms with Crippen LogP contribution in [0.3, 0.4) is 0 Å². The average Bonchev–Trinajstić information content (AvgIpc) is 3.39. The molecule has 3 aromatic rings. The van der Waals surface area contributed by atoms with Crippen LogP contribution in [0.25, 0.3) is 0 Å². The Balaban J connectivity index is 1.57. The van der Waals surface area contributed by atoms with E-state index in [1.165, 1.54) is 10.6 Å². The van der Waals surface area contributed by atoms with Crippen LogP contribution < -0.4 is 4.74 Å². The molecule has 2 atom stereocenters. The van der Waals surface area contributed by atoms with Crippen molar-refractivity contribution in [2.45, 2.75) is 17.8 Å². The van der Waals surface area contributed by atoms with Crippen LogP contribution in [0.5, 0.6) is 11.5 Å². The summed E-state index contributed by atoms with van der Waals surface area (Å²) in [7, 11) is -0.386. The Kier molecular flexibility index (Phi) is 6.36. The summed E-state index contributed by atoms with van der Waals surface area (Å²) in [5.41, 5.74) is 0.784. The zero-order chi connectivity index (χ0) is 22.0. The molecule has 164 valence electrons. The average molecular weight is 463 g/mol. The summed E-state index contributed by atoms with van der Waals surface area (Å²) in [6, 6.07) is 17.4. The van der Waals surface area contributed by atoms with Crippen LogP contribution >= 0.6 is 11.6 Å². The maximum absolute atomic E-state index is 13.3. The van der Waals surface area contributed by atoms with Gasteiger partial charge in [0.1, 0.15) is 22.5 Å². The maximum atomic E-state index is 13.3. The molecule has 7 nitrogen and oxygen atoms in total. The highest BCUT2D eigenvalue weighted by molar-refractivity contribution is 7.89.